The van der Waals surface area contributed by atoms with Gasteiger partial charge in [0.1, 0.15) is 0 Å². The Morgan fingerprint density at radius 2 is 2.20 bits per heavy atom. The number of nitrogens with one attached hydrogen (secondary N) is 2. The Labute approximate surface area is 118 Å². The van der Waals surface area contributed by atoms with E-state index < -0.39 is 0 Å². The van der Waals surface area contributed by atoms with Crippen LogP contribution in [0.15, 0.2) is 30.3 Å². The minimum absolute atomic E-state index is 0.494. The van der Waals surface area contributed by atoms with Crippen LogP contribution in [0, 0.1) is 0 Å². The highest BCUT2D eigenvalue weighted by molar-refractivity contribution is 5.23. The molecule has 1 aliphatic heterocycles. The van der Waals surface area contributed by atoms with E-state index in [1.165, 1.54) is 18.4 Å². The predicted molar refractivity (Wildman–Crippen MR) is 77.5 cm³/mol. The highest BCUT2D eigenvalue weighted by atomic mass is 15.6. The molecule has 1 fully saturated rings. The summed E-state index contributed by atoms with van der Waals surface area (Å²) >= 11 is 0. The van der Waals surface area contributed by atoms with Crippen molar-refractivity contribution < 1.29 is 0 Å². The van der Waals surface area contributed by atoms with E-state index in [1.807, 2.05) is 10.7 Å². The lowest BCUT2D eigenvalue weighted by Gasteiger charge is -2.11. The number of hydrogen-bond acceptors (Lipinski definition) is 5. The average Bonchev–Trinajstić information content (AvgIpc) is 3.13. The number of tetrazole rings is 1. The zero-order valence-electron chi connectivity index (χ0n) is 11.5. The molecule has 1 aromatic carbocycles. The maximum Gasteiger partial charge on any atom is 0.242 e. The molecule has 2 N–H and O–H groups in total. The molecule has 0 radical (unpaired) electrons. The molecule has 2 heterocycles. The van der Waals surface area contributed by atoms with Crippen molar-refractivity contribution in [2.75, 3.05) is 18.4 Å². The highest BCUT2D eigenvalue weighted by Crippen LogP contribution is 2.09. The molecule has 6 nitrogen and oxygen atoms in total. The van der Waals surface area contributed by atoms with Gasteiger partial charge in [-0.1, -0.05) is 35.4 Å². The summed E-state index contributed by atoms with van der Waals surface area (Å²) in [5.74, 6) is 0.759. The van der Waals surface area contributed by atoms with Gasteiger partial charge >= 0.3 is 0 Å². The lowest BCUT2D eigenvalue weighted by molar-refractivity contribution is 0.469. The van der Waals surface area contributed by atoms with E-state index in [0.29, 0.717) is 6.04 Å². The fourth-order valence-corrected chi connectivity index (χ4v) is 2.54. The summed E-state index contributed by atoms with van der Waals surface area (Å²) in [6.07, 6.45) is 3.41. The first-order chi connectivity index (χ1) is 9.92. The number of rotatable bonds is 6. The van der Waals surface area contributed by atoms with Gasteiger partial charge in [0, 0.05) is 12.6 Å². The Kier molecular flexibility index (Phi) is 4.22. The molecule has 1 saturated heterocycles. The molecule has 1 aromatic heterocycles. The summed E-state index contributed by atoms with van der Waals surface area (Å²) in [5, 5.41) is 18.6. The minimum Gasteiger partial charge on any atom is -0.353 e. The molecule has 1 aliphatic rings. The second-order valence-electron chi connectivity index (χ2n) is 5.14. The molecule has 0 amide bonds. The Morgan fingerprint density at radius 3 is 3.00 bits per heavy atom. The van der Waals surface area contributed by atoms with Gasteiger partial charge in [0.15, 0.2) is 0 Å². The fraction of sp³-hybridized carbons (Fsp3) is 0.500. The van der Waals surface area contributed by atoms with Crippen molar-refractivity contribution in [1.82, 2.24) is 25.5 Å². The quantitative estimate of drug-likeness (QED) is 0.823. The molecule has 0 aliphatic carbocycles. The third-order valence-electron chi connectivity index (χ3n) is 3.63. The van der Waals surface area contributed by atoms with Crippen molar-refractivity contribution in [1.29, 1.82) is 0 Å². The van der Waals surface area contributed by atoms with E-state index in [9.17, 15) is 0 Å². The molecule has 0 spiro atoms. The topological polar surface area (TPSA) is 67.7 Å². The summed E-state index contributed by atoms with van der Waals surface area (Å²) in [4.78, 5) is 0. The van der Waals surface area contributed by atoms with Crippen molar-refractivity contribution in [2.24, 2.45) is 0 Å². The molecule has 0 saturated carbocycles. The Bertz CT molecular complexity index is 517. The van der Waals surface area contributed by atoms with Crippen molar-refractivity contribution in [3.8, 4) is 0 Å². The predicted octanol–water partition coefficient (Wildman–Crippen LogP) is 1.08. The van der Waals surface area contributed by atoms with Crippen LogP contribution in [0.3, 0.4) is 0 Å². The number of hydrogen-bond donors (Lipinski definition) is 2. The largest absolute Gasteiger partial charge is 0.353 e. The SMILES string of the molecule is c1ccc(CCNc2nnnn2C[C@@H]2CCCN2)cc1. The van der Waals surface area contributed by atoms with Gasteiger partial charge in [0.25, 0.3) is 0 Å². The molecule has 106 valence electrons. The molecular weight excluding hydrogens is 252 g/mol. The van der Waals surface area contributed by atoms with Gasteiger partial charge in [-0.05, 0) is 41.8 Å². The van der Waals surface area contributed by atoms with Crippen LogP contribution in [0.4, 0.5) is 5.95 Å². The highest BCUT2D eigenvalue weighted by Gasteiger charge is 2.17. The van der Waals surface area contributed by atoms with Crippen LogP contribution in [0.2, 0.25) is 0 Å². The minimum atomic E-state index is 0.494. The first kappa shape index (κ1) is 13.1. The maximum atomic E-state index is 4.06. The third-order valence-corrected chi connectivity index (χ3v) is 3.63. The molecule has 1 atom stereocenters. The van der Waals surface area contributed by atoms with Crippen LogP contribution in [0.5, 0.6) is 0 Å². The van der Waals surface area contributed by atoms with E-state index in [1.54, 1.807) is 0 Å². The van der Waals surface area contributed by atoms with Crippen molar-refractivity contribution >= 4 is 5.95 Å². The van der Waals surface area contributed by atoms with E-state index >= 15 is 0 Å². The standard InChI is InChI=1S/C14H20N6/c1-2-5-12(6-3-1)8-10-16-14-17-18-19-20(14)11-13-7-4-9-15-13/h1-3,5-6,13,15H,4,7-11H2,(H,16,17,19)/t13-/m0/s1. The van der Waals surface area contributed by atoms with Gasteiger partial charge in [0.2, 0.25) is 5.95 Å². The molecule has 3 rings (SSSR count). The number of nitrogens with zero attached hydrogens (tertiary/aromatic N) is 4. The number of anilines is 1. The van der Waals surface area contributed by atoms with Crippen molar-refractivity contribution in [3.63, 3.8) is 0 Å². The van der Waals surface area contributed by atoms with Gasteiger partial charge in [-0.25, -0.2) is 4.68 Å². The van der Waals surface area contributed by atoms with Crippen molar-refractivity contribution in [3.05, 3.63) is 35.9 Å². The Hall–Kier alpha value is -1.95. The van der Waals surface area contributed by atoms with Crippen LogP contribution >= 0.6 is 0 Å². The Morgan fingerprint density at radius 1 is 1.30 bits per heavy atom. The lowest BCUT2D eigenvalue weighted by Crippen LogP contribution is -2.28. The summed E-state index contributed by atoms with van der Waals surface area (Å²) in [5.41, 5.74) is 1.32. The summed E-state index contributed by atoms with van der Waals surface area (Å²) in [6, 6.07) is 10.9. The second-order valence-corrected chi connectivity index (χ2v) is 5.14. The van der Waals surface area contributed by atoms with Gasteiger partial charge in [0.05, 0.1) is 6.54 Å². The second kappa shape index (κ2) is 6.47. The molecule has 6 heteroatoms. The van der Waals surface area contributed by atoms with Crippen LogP contribution in [0.1, 0.15) is 18.4 Å². The van der Waals surface area contributed by atoms with Crippen LogP contribution < -0.4 is 10.6 Å². The van der Waals surface area contributed by atoms with E-state index in [4.69, 9.17) is 0 Å². The lowest BCUT2D eigenvalue weighted by atomic mass is 10.1. The van der Waals surface area contributed by atoms with E-state index in [-0.39, 0.29) is 0 Å². The molecule has 2 aromatic rings. The molecular formula is C14H20N6. The Balaban J connectivity index is 1.51. The first-order valence-corrected chi connectivity index (χ1v) is 7.19. The monoisotopic (exact) mass is 272 g/mol. The summed E-state index contributed by atoms with van der Waals surface area (Å²) in [7, 11) is 0. The normalized spacial score (nSPS) is 18.3. The zero-order chi connectivity index (χ0) is 13.6. The van der Waals surface area contributed by atoms with Gasteiger partial charge in [-0.2, -0.15) is 0 Å². The van der Waals surface area contributed by atoms with Crippen LogP contribution in [0.25, 0.3) is 0 Å². The van der Waals surface area contributed by atoms with Gasteiger partial charge in [-0.15, -0.1) is 0 Å². The maximum absolute atomic E-state index is 4.06. The fourth-order valence-electron chi connectivity index (χ4n) is 2.54. The summed E-state index contributed by atoms with van der Waals surface area (Å²) < 4.78 is 1.86. The van der Waals surface area contributed by atoms with Crippen LogP contribution in [-0.2, 0) is 13.0 Å². The van der Waals surface area contributed by atoms with Gasteiger partial charge < -0.3 is 10.6 Å². The van der Waals surface area contributed by atoms with Crippen molar-refractivity contribution in [2.45, 2.75) is 31.8 Å². The van der Waals surface area contributed by atoms with E-state index in [0.717, 1.165) is 32.0 Å². The van der Waals surface area contributed by atoms with Crippen LogP contribution in [-0.4, -0.2) is 39.3 Å². The number of aromatic nitrogens is 4. The van der Waals surface area contributed by atoms with Gasteiger partial charge in [-0.3, -0.25) is 0 Å². The number of benzene rings is 1. The third kappa shape index (κ3) is 3.33. The molecule has 0 unspecified atom stereocenters. The molecule has 20 heavy (non-hydrogen) atoms. The zero-order valence-corrected chi connectivity index (χ0v) is 11.5. The average molecular weight is 272 g/mol. The smallest absolute Gasteiger partial charge is 0.242 e. The molecule has 0 bridgehead atoms. The summed E-state index contributed by atoms with van der Waals surface area (Å²) in [6.45, 7) is 2.77. The van der Waals surface area contributed by atoms with E-state index in [2.05, 4.69) is 50.4 Å². The first-order valence-electron chi connectivity index (χ1n) is 7.19.